The third kappa shape index (κ3) is 4.30. The van der Waals surface area contributed by atoms with Crippen molar-refractivity contribution in [2.24, 2.45) is 0 Å². The SMILES string of the molecule is C=CCS(=O)(=O)C(C)C(=O)Nc1sc2c(c1C(=O)OCC)CCCC2. The van der Waals surface area contributed by atoms with Gasteiger partial charge in [-0.3, -0.25) is 4.79 Å². The van der Waals surface area contributed by atoms with Crippen LogP contribution in [0, 0.1) is 0 Å². The second kappa shape index (κ2) is 8.14. The molecule has 1 aromatic rings. The highest BCUT2D eigenvalue weighted by Gasteiger charge is 2.31. The van der Waals surface area contributed by atoms with Crippen LogP contribution in [0.4, 0.5) is 5.00 Å². The second-order valence-electron chi connectivity index (χ2n) is 5.89. The summed E-state index contributed by atoms with van der Waals surface area (Å²) in [5.41, 5.74) is 1.30. The van der Waals surface area contributed by atoms with E-state index in [4.69, 9.17) is 4.74 Å². The number of thiophene rings is 1. The smallest absolute Gasteiger partial charge is 0.341 e. The van der Waals surface area contributed by atoms with Crippen LogP contribution in [0.15, 0.2) is 12.7 Å². The molecule has 1 heterocycles. The van der Waals surface area contributed by atoms with Crippen molar-refractivity contribution in [3.05, 3.63) is 28.7 Å². The number of ether oxygens (including phenoxy) is 1. The molecule has 0 radical (unpaired) electrons. The molecule has 1 amide bonds. The van der Waals surface area contributed by atoms with Crippen LogP contribution in [-0.4, -0.2) is 37.9 Å². The second-order valence-corrected chi connectivity index (χ2v) is 9.36. The lowest BCUT2D eigenvalue weighted by molar-refractivity contribution is -0.115. The monoisotopic (exact) mass is 385 g/mol. The predicted octanol–water partition coefficient (Wildman–Crippen LogP) is 2.73. The van der Waals surface area contributed by atoms with Gasteiger partial charge in [-0.1, -0.05) is 6.08 Å². The van der Waals surface area contributed by atoms with Gasteiger partial charge in [-0.05, 0) is 45.1 Å². The van der Waals surface area contributed by atoms with Crippen molar-refractivity contribution in [1.29, 1.82) is 0 Å². The molecular formula is C17H23NO5S2. The van der Waals surface area contributed by atoms with E-state index in [1.807, 2.05) is 0 Å². The van der Waals surface area contributed by atoms with Gasteiger partial charge in [-0.25, -0.2) is 13.2 Å². The number of fused-ring (bicyclic) bond motifs is 1. The van der Waals surface area contributed by atoms with Gasteiger partial charge < -0.3 is 10.1 Å². The Balaban J connectivity index is 2.32. The van der Waals surface area contributed by atoms with Gasteiger partial charge in [0.2, 0.25) is 5.91 Å². The van der Waals surface area contributed by atoms with E-state index in [0.717, 1.165) is 36.1 Å². The number of anilines is 1. The minimum Gasteiger partial charge on any atom is -0.462 e. The number of hydrogen-bond acceptors (Lipinski definition) is 6. The molecule has 1 N–H and O–H groups in total. The summed E-state index contributed by atoms with van der Waals surface area (Å²) in [5, 5.41) is 1.80. The maximum absolute atomic E-state index is 12.4. The number of nitrogens with one attached hydrogen (secondary N) is 1. The third-order valence-electron chi connectivity index (χ3n) is 4.15. The molecule has 0 bridgehead atoms. The van der Waals surface area contributed by atoms with E-state index in [1.54, 1.807) is 6.92 Å². The molecule has 0 saturated heterocycles. The summed E-state index contributed by atoms with van der Waals surface area (Å²) in [4.78, 5) is 25.8. The molecule has 6 nitrogen and oxygen atoms in total. The molecule has 1 aromatic heterocycles. The fraction of sp³-hybridized carbons (Fsp3) is 0.529. The van der Waals surface area contributed by atoms with E-state index in [0.29, 0.717) is 10.6 Å². The summed E-state index contributed by atoms with van der Waals surface area (Å²) in [6.07, 6.45) is 4.89. The summed E-state index contributed by atoms with van der Waals surface area (Å²) in [7, 11) is -3.62. The van der Waals surface area contributed by atoms with Crippen molar-refractivity contribution in [2.45, 2.75) is 44.8 Å². The highest BCUT2D eigenvalue weighted by Crippen LogP contribution is 2.38. The largest absolute Gasteiger partial charge is 0.462 e. The van der Waals surface area contributed by atoms with Crippen LogP contribution < -0.4 is 5.32 Å². The number of rotatable bonds is 7. The molecule has 1 aliphatic carbocycles. The first-order chi connectivity index (χ1) is 11.8. The normalized spacial score (nSPS) is 15.1. The van der Waals surface area contributed by atoms with E-state index in [9.17, 15) is 18.0 Å². The van der Waals surface area contributed by atoms with E-state index in [-0.39, 0.29) is 12.4 Å². The number of carbonyl (C=O) groups excluding carboxylic acids is 2. The van der Waals surface area contributed by atoms with Gasteiger partial charge in [0, 0.05) is 4.88 Å². The number of aryl methyl sites for hydroxylation is 1. The van der Waals surface area contributed by atoms with Gasteiger partial charge in [0.25, 0.3) is 0 Å². The Morgan fingerprint density at radius 1 is 1.36 bits per heavy atom. The van der Waals surface area contributed by atoms with Crippen molar-refractivity contribution >= 4 is 38.1 Å². The fourth-order valence-corrected chi connectivity index (χ4v) is 5.04. The number of amides is 1. The van der Waals surface area contributed by atoms with Crippen molar-refractivity contribution < 1.29 is 22.7 Å². The molecule has 1 atom stereocenters. The zero-order valence-electron chi connectivity index (χ0n) is 14.5. The summed E-state index contributed by atoms with van der Waals surface area (Å²) >= 11 is 1.34. The van der Waals surface area contributed by atoms with Gasteiger partial charge in [0.1, 0.15) is 10.3 Å². The lowest BCUT2D eigenvalue weighted by Gasteiger charge is -2.13. The van der Waals surface area contributed by atoms with Gasteiger partial charge in [-0.2, -0.15) is 0 Å². The number of carbonyl (C=O) groups is 2. The van der Waals surface area contributed by atoms with Crippen molar-refractivity contribution in [3.8, 4) is 0 Å². The fourth-order valence-electron chi connectivity index (χ4n) is 2.76. The third-order valence-corrected chi connectivity index (χ3v) is 7.34. The molecule has 0 aliphatic heterocycles. The Kier molecular flexibility index (Phi) is 6.40. The van der Waals surface area contributed by atoms with E-state index < -0.39 is 27.0 Å². The topological polar surface area (TPSA) is 89.5 Å². The first kappa shape index (κ1) is 19.7. The molecule has 25 heavy (non-hydrogen) atoms. The minimum atomic E-state index is -3.62. The first-order valence-corrected chi connectivity index (χ1v) is 10.8. The van der Waals surface area contributed by atoms with Gasteiger partial charge >= 0.3 is 5.97 Å². The molecule has 0 spiro atoms. The maximum Gasteiger partial charge on any atom is 0.341 e. The number of esters is 1. The molecule has 138 valence electrons. The van der Waals surface area contributed by atoms with Crippen LogP contribution >= 0.6 is 11.3 Å². The first-order valence-electron chi connectivity index (χ1n) is 8.26. The van der Waals surface area contributed by atoms with E-state index >= 15 is 0 Å². The average Bonchev–Trinajstić information content (AvgIpc) is 2.92. The standard InChI is InChI=1S/C17H23NO5S2/c1-4-10-25(21,22)11(3)15(19)18-16-14(17(20)23-5-2)12-8-6-7-9-13(12)24-16/h4,11H,1,5-10H2,2-3H3,(H,18,19). The molecule has 8 heteroatoms. The molecule has 1 unspecified atom stereocenters. The van der Waals surface area contributed by atoms with Crippen molar-refractivity contribution in [3.63, 3.8) is 0 Å². The Labute approximate surface area is 152 Å². The van der Waals surface area contributed by atoms with E-state index in [2.05, 4.69) is 11.9 Å². The molecule has 1 aliphatic rings. The quantitative estimate of drug-likeness (QED) is 0.576. The van der Waals surface area contributed by atoms with E-state index in [1.165, 1.54) is 24.3 Å². The lowest BCUT2D eigenvalue weighted by Crippen LogP contribution is -2.34. The van der Waals surface area contributed by atoms with Crippen LogP contribution in [0.3, 0.4) is 0 Å². The maximum atomic E-state index is 12.4. The Hall–Kier alpha value is -1.67. The molecular weight excluding hydrogens is 362 g/mol. The Morgan fingerprint density at radius 3 is 2.68 bits per heavy atom. The summed E-state index contributed by atoms with van der Waals surface area (Å²) in [6, 6.07) is 0. The van der Waals surface area contributed by atoms with Crippen LogP contribution in [-0.2, 0) is 32.2 Å². The van der Waals surface area contributed by atoms with Crippen molar-refractivity contribution in [2.75, 3.05) is 17.7 Å². The molecule has 0 saturated carbocycles. The summed E-state index contributed by atoms with van der Waals surface area (Å²) in [5.74, 6) is -1.39. The highest BCUT2D eigenvalue weighted by atomic mass is 32.2. The molecule has 0 fully saturated rings. The van der Waals surface area contributed by atoms with Gasteiger partial charge in [0.05, 0.1) is 17.9 Å². The Bertz CT molecular complexity index is 779. The lowest BCUT2D eigenvalue weighted by atomic mass is 9.95. The summed E-state index contributed by atoms with van der Waals surface area (Å²) in [6.45, 7) is 6.70. The summed E-state index contributed by atoms with van der Waals surface area (Å²) < 4.78 is 29.2. The van der Waals surface area contributed by atoms with Gasteiger partial charge in [-0.15, -0.1) is 17.9 Å². The molecule has 0 aromatic carbocycles. The highest BCUT2D eigenvalue weighted by molar-refractivity contribution is 7.92. The predicted molar refractivity (Wildman–Crippen MR) is 99.0 cm³/mol. The van der Waals surface area contributed by atoms with Gasteiger partial charge in [0.15, 0.2) is 9.84 Å². The minimum absolute atomic E-state index is 0.237. The number of hydrogen-bond donors (Lipinski definition) is 1. The zero-order chi connectivity index (χ0) is 18.6. The average molecular weight is 386 g/mol. The van der Waals surface area contributed by atoms with Crippen LogP contribution in [0.5, 0.6) is 0 Å². The van der Waals surface area contributed by atoms with Crippen LogP contribution in [0.2, 0.25) is 0 Å². The van der Waals surface area contributed by atoms with Crippen LogP contribution in [0.25, 0.3) is 0 Å². The zero-order valence-corrected chi connectivity index (χ0v) is 16.1. The number of sulfone groups is 1. The molecule has 2 rings (SSSR count). The Morgan fingerprint density at radius 2 is 2.04 bits per heavy atom. The van der Waals surface area contributed by atoms with Crippen molar-refractivity contribution in [1.82, 2.24) is 0 Å². The van der Waals surface area contributed by atoms with Crippen LogP contribution in [0.1, 0.15) is 47.5 Å².